The number of halogens is 2. The van der Waals surface area contributed by atoms with Crippen molar-refractivity contribution in [2.24, 2.45) is 0 Å². The number of esters is 1. The van der Waals surface area contributed by atoms with Gasteiger partial charge < -0.3 is 14.8 Å². The second-order valence-corrected chi connectivity index (χ2v) is 10.5. The molecule has 5 rings (SSSR count). The fraction of sp³-hybridized carbons (Fsp3) is 0.281. The highest BCUT2D eigenvalue weighted by atomic mass is 35.5. The number of aryl methyl sites for hydroxylation is 1. The van der Waals surface area contributed by atoms with Gasteiger partial charge in [-0.25, -0.2) is 9.78 Å². The largest absolute Gasteiger partial charge is 0.463 e. The number of benzene rings is 3. The first-order valence-corrected chi connectivity index (χ1v) is 14.3. The second kappa shape index (κ2) is 14.8. The topological polar surface area (TPSA) is 82.5 Å². The van der Waals surface area contributed by atoms with Gasteiger partial charge >= 0.3 is 5.97 Å². The highest BCUT2D eigenvalue weighted by Gasteiger charge is 2.30. The summed E-state index contributed by atoms with van der Waals surface area (Å²) in [6.45, 7) is 6.70. The molecule has 0 radical (unpaired) electrons. The van der Waals surface area contributed by atoms with Gasteiger partial charge in [0.1, 0.15) is 12.4 Å². The Labute approximate surface area is 250 Å². The number of rotatable bonds is 8. The Balaban J connectivity index is 0.000000328. The van der Waals surface area contributed by atoms with Crippen molar-refractivity contribution in [1.82, 2.24) is 14.9 Å². The molecule has 4 aromatic rings. The second-order valence-electron chi connectivity index (χ2n) is 9.60. The average Bonchev–Trinajstić information content (AvgIpc) is 3.39. The molecule has 2 heterocycles. The molecule has 1 aliphatic heterocycles. The highest BCUT2D eigenvalue weighted by molar-refractivity contribution is 6.31. The van der Waals surface area contributed by atoms with Crippen molar-refractivity contribution in [2.45, 2.75) is 39.2 Å². The lowest BCUT2D eigenvalue weighted by atomic mass is 9.98. The van der Waals surface area contributed by atoms with Gasteiger partial charge in [0.2, 0.25) is 0 Å². The monoisotopic (exact) mass is 593 g/mol. The van der Waals surface area contributed by atoms with E-state index in [-0.39, 0.29) is 12.5 Å². The maximum Gasteiger partial charge on any atom is 0.359 e. The normalized spacial score (nSPS) is 14.5. The zero-order valence-corrected chi connectivity index (χ0v) is 24.6. The first-order chi connectivity index (χ1) is 19.9. The number of aromatic nitrogens is 2. The Morgan fingerprint density at radius 3 is 2.54 bits per heavy atom. The van der Waals surface area contributed by atoms with Crippen LogP contribution in [-0.4, -0.2) is 41.7 Å². The van der Waals surface area contributed by atoms with E-state index in [2.05, 4.69) is 14.6 Å². The molecule has 214 valence electrons. The molecule has 1 aromatic heterocycles. The third-order valence-electron chi connectivity index (χ3n) is 6.71. The summed E-state index contributed by atoms with van der Waals surface area (Å²) < 4.78 is 12.0. The predicted octanol–water partition coefficient (Wildman–Crippen LogP) is 7.16. The molecule has 1 N–H and O–H groups in total. The number of imidazole rings is 1. The number of hydrogen-bond donors (Lipinski definition) is 1. The van der Waals surface area contributed by atoms with Crippen LogP contribution in [0.15, 0.2) is 72.8 Å². The molecule has 0 aliphatic carbocycles. The molecule has 1 saturated heterocycles. The van der Waals surface area contributed by atoms with Gasteiger partial charge in [0, 0.05) is 28.1 Å². The molecule has 1 unspecified atom stereocenters. The third-order valence-corrected chi connectivity index (χ3v) is 7.18. The van der Waals surface area contributed by atoms with Gasteiger partial charge in [-0.05, 0) is 68.6 Å². The minimum absolute atomic E-state index is 0.160. The van der Waals surface area contributed by atoms with Crippen LogP contribution in [0.3, 0.4) is 0 Å². The van der Waals surface area contributed by atoms with Gasteiger partial charge in [0.15, 0.2) is 5.69 Å². The number of nitrogens with zero attached hydrogens (tertiary/aromatic N) is 2. The first-order valence-electron chi connectivity index (χ1n) is 13.5. The quantitative estimate of drug-likeness (QED) is 0.172. The number of piperidine rings is 1. The van der Waals surface area contributed by atoms with E-state index in [1.54, 1.807) is 6.92 Å². The molecular formula is C32H33Cl2N3O4. The lowest BCUT2D eigenvalue weighted by molar-refractivity contribution is -0.129. The van der Waals surface area contributed by atoms with E-state index in [1.807, 2.05) is 79.7 Å². The zero-order valence-electron chi connectivity index (χ0n) is 23.1. The number of nitrogens with one attached hydrogen (secondary N) is 1. The molecule has 1 atom stereocenters. The fourth-order valence-corrected chi connectivity index (χ4v) is 5.16. The Kier molecular flexibility index (Phi) is 11.0. The van der Waals surface area contributed by atoms with Crippen molar-refractivity contribution in [3.8, 4) is 16.9 Å². The van der Waals surface area contributed by atoms with Gasteiger partial charge in [-0.3, -0.25) is 9.36 Å². The van der Waals surface area contributed by atoms with Gasteiger partial charge in [-0.2, -0.15) is 0 Å². The van der Waals surface area contributed by atoms with E-state index >= 15 is 0 Å². The third kappa shape index (κ3) is 7.76. The molecule has 0 spiro atoms. The summed E-state index contributed by atoms with van der Waals surface area (Å²) in [5.74, 6) is 0.546. The highest BCUT2D eigenvalue weighted by Crippen LogP contribution is 2.36. The molecule has 41 heavy (non-hydrogen) atoms. The SMILES string of the molecule is CCOC(=O)c1nc(C2CCCNC2)n(-c2cc(Cl)ccc2C)c1-c1cccc(Cl)c1.O=COCc1ccccc1. The maximum absolute atomic E-state index is 13.0. The number of hydrogen-bond acceptors (Lipinski definition) is 6. The standard InChI is InChI=1S/C24H25Cl2N3O2.C8H8O2/c1-3-31-24(30)21-22(16-6-4-8-18(25)12-16)29(20-13-19(26)10-9-15(20)2)23(28-21)17-7-5-11-27-14-17;9-7-10-6-8-4-2-1-3-5-8/h4,6,8-10,12-13,17,27H,3,5,7,11,14H2,1-2H3;1-5,7H,6H2. The Morgan fingerprint density at radius 2 is 1.85 bits per heavy atom. The van der Waals surface area contributed by atoms with Crippen LogP contribution < -0.4 is 5.32 Å². The van der Waals surface area contributed by atoms with Crippen molar-refractivity contribution in [3.05, 3.63) is 105 Å². The van der Waals surface area contributed by atoms with E-state index in [0.717, 1.165) is 54.1 Å². The Morgan fingerprint density at radius 1 is 1.07 bits per heavy atom. The minimum atomic E-state index is -0.444. The summed E-state index contributed by atoms with van der Waals surface area (Å²) in [4.78, 5) is 27.6. The molecule has 1 aliphatic rings. The molecule has 9 heteroatoms. The molecule has 0 saturated carbocycles. The van der Waals surface area contributed by atoms with E-state index in [1.165, 1.54) is 0 Å². The smallest absolute Gasteiger partial charge is 0.359 e. The van der Waals surface area contributed by atoms with Gasteiger partial charge in [0.25, 0.3) is 6.47 Å². The summed E-state index contributed by atoms with van der Waals surface area (Å²) in [7, 11) is 0. The van der Waals surface area contributed by atoms with E-state index in [4.69, 9.17) is 32.9 Å². The van der Waals surface area contributed by atoms with Crippen LogP contribution in [0.5, 0.6) is 0 Å². The predicted molar refractivity (Wildman–Crippen MR) is 162 cm³/mol. The Bertz CT molecular complexity index is 1470. The number of carbonyl (C=O) groups excluding carboxylic acids is 2. The fourth-order valence-electron chi connectivity index (χ4n) is 4.80. The molecule has 3 aromatic carbocycles. The van der Waals surface area contributed by atoms with Crippen molar-refractivity contribution in [2.75, 3.05) is 19.7 Å². The zero-order chi connectivity index (χ0) is 29.2. The van der Waals surface area contributed by atoms with Crippen molar-refractivity contribution < 1.29 is 19.1 Å². The van der Waals surface area contributed by atoms with Gasteiger partial charge in [-0.1, -0.05) is 71.7 Å². The summed E-state index contributed by atoms with van der Waals surface area (Å²) in [5, 5.41) is 4.66. The molecule has 1 fully saturated rings. The summed E-state index contributed by atoms with van der Waals surface area (Å²) in [6, 6.07) is 22.8. The molecule has 0 amide bonds. The number of carbonyl (C=O) groups is 2. The summed E-state index contributed by atoms with van der Waals surface area (Å²) >= 11 is 12.7. The van der Waals surface area contributed by atoms with Crippen molar-refractivity contribution in [3.63, 3.8) is 0 Å². The van der Waals surface area contributed by atoms with Gasteiger partial charge in [0.05, 0.1) is 18.0 Å². The summed E-state index contributed by atoms with van der Waals surface area (Å²) in [6.07, 6.45) is 2.04. The van der Waals surface area contributed by atoms with E-state index < -0.39 is 5.97 Å². The lowest BCUT2D eigenvalue weighted by Gasteiger charge is -2.24. The van der Waals surface area contributed by atoms with Crippen molar-refractivity contribution >= 4 is 35.6 Å². The lowest BCUT2D eigenvalue weighted by Crippen LogP contribution is -2.30. The molecular weight excluding hydrogens is 561 g/mol. The van der Waals surface area contributed by atoms with Gasteiger partial charge in [-0.15, -0.1) is 0 Å². The van der Waals surface area contributed by atoms with Crippen LogP contribution in [-0.2, 0) is 20.9 Å². The number of ether oxygens (including phenoxy) is 2. The molecule has 0 bridgehead atoms. The van der Waals surface area contributed by atoms with E-state index in [9.17, 15) is 9.59 Å². The average molecular weight is 595 g/mol. The van der Waals surface area contributed by atoms with Crippen LogP contribution in [0.25, 0.3) is 16.9 Å². The van der Waals surface area contributed by atoms with Crippen LogP contribution in [0.4, 0.5) is 0 Å². The van der Waals surface area contributed by atoms with E-state index in [0.29, 0.717) is 34.5 Å². The van der Waals surface area contributed by atoms with Crippen LogP contribution >= 0.6 is 23.2 Å². The van der Waals surface area contributed by atoms with Crippen LogP contribution in [0.2, 0.25) is 10.0 Å². The maximum atomic E-state index is 13.0. The molecule has 7 nitrogen and oxygen atoms in total. The van der Waals surface area contributed by atoms with Crippen LogP contribution in [0, 0.1) is 6.92 Å². The summed E-state index contributed by atoms with van der Waals surface area (Å²) in [5.41, 5.74) is 4.71. The van der Waals surface area contributed by atoms with Crippen molar-refractivity contribution in [1.29, 1.82) is 0 Å². The minimum Gasteiger partial charge on any atom is -0.463 e. The van der Waals surface area contributed by atoms with Crippen LogP contribution in [0.1, 0.15) is 53.1 Å². The Hall–Kier alpha value is -3.65. The first kappa shape index (κ1) is 30.3.